The van der Waals surface area contributed by atoms with E-state index < -0.39 is 11.4 Å². The van der Waals surface area contributed by atoms with Crippen LogP contribution in [0.3, 0.4) is 0 Å². The molecule has 0 bridgehead atoms. The van der Waals surface area contributed by atoms with Crippen LogP contribution in [0.2, 0.25) is 0 Å². The third-order valence-corrected chi connectivity index (χ3v) is 3.99. The van der Waals surface area contributed by atoms with E-state index in [4.69, 9.17) is 0 Å². The lowest BCUT2D eigenvalue weighted by atomic mass is 9.85. The van der Waals surface area contributed by atoms with Gasteiger partial charge in [-0.25, -0.2) is 4.90 Å². The van der Waals surface area contributed by atoms with Crippen molar-refractivity contribution in [3.63, 3.8) is 0 Å². The normalized spacial score (nSPS) is 15.9. The predicted octanol–water partition coefficient (Wildman–Crippen LogP) is 2.26. The number of benzene rings is 1. The Morgan fingerprint density at radius 3 is 1.81 bits per heavy atom. The number of carboxylic acids is 1. The lowest BCUT2D eigenvalue weighted by molar-refractivity contribution is -0.142. The zero-order valence-electron chi connectivity index (χ0n) is 12.4. The van der Waals surface area contributed by atoms with E-state index in [2.05, 4.69) is 0 Å². The van der Waals surface area contributed by atoms with Crippen LogP contribution in [0.5, 0.6) is 0 Å². The van der Waals surface area contributed by atoms with Gasteiger partial charge in [0.15, 0.2) is 0 Å². The number of carbonyl (C=O) groups is 3. The summed E-state index contributed by atoms with van der Waals surface area (Å²) in [6.45, 7) is 6.45. The van der Waals surface area contributed by atoms with Gasteiger partial charge in [-0.15, -0.1) is 0 Å². The standard InChI is InChI=1S/C16H17NO4/c1-9-10(2)14(19)17(13(9)18)12-7-5-11(6-8-12)16(3,4)15(20)21/h5-8H,1-4H3,(H,20,21). The maximum atomic E-state index is 12.1. The van der Waals surface area contributed by atoms with E-state index in [1.54, 1.807) is 52.0 Å². The number of amides is 2. The van der Waals surface area contributed by atoms with Gasteiger partial charge in [-0.2, -0.15) is 0 Å². The van der Waals surface area contributed by atoms with E-state index in [0.717, 1.165) is 4.90 Å². The van der Waals surface area contributed by atoms with Crippen LogP contribution in [0.15, 0.2) is 35.4 Å². The maximum absolute atomic E-state index is 12.1. The predicted molar refractivity (Wildman–Crippen MR) is 78.0 cm³/mol. The van der Waals surface area contributed by atoms with E-state index in [0.29, 0.717) is 22.4 Å². The van der Waals surface area contributed by atoms with Crippen molar-refractivity contribution in [3.05, 3.63) is 41.0 Å². The number of hydrogen-bond donors (Lipinski definition) is 1. The summed E-state index contributed by atoms with van der Waals surface area (Å²) in [7, 11) is 0. The molecule has 5 nitrogen and oxygen atoms in total. The molecule has 0 aliphatic carbocycles. The van der Waals surface area contributed by atoms with Crippen LogP contribution in [-0.4, -0.2) is 22.9 Å². The number of anilines is 1. The van der Waals surface area contributed by atoms with Gasteiger partial charge in [0.1, 0.15) is 0 Å². The molecule has 1 aliphatic rings. The van der Waals surface area contributed by atoms with Gasteiger partial charge in [0.05, 0.1) is 11.1 Å². The number of hydrogen-bond acceptors (Lipinski definition) is 3. The van der Waals surface area contributed by atoms with Crippen LogP contribution in [-0.2, 0) is 19.8 Å². The van der Waals surface area contributed by atoms with Crippen molar-refractivity contribution in [1.82, 2.24) is 0 Å². The van der Waals surface area contributed by atoms with E-state index in [1.807, 2.05) is 0 Å². The first-order valence-electron chi connectivity index (χ1n) is 6.58. The Morgan fingerprint density at radius 2 is 1.43 bits per heavy atom. The second-order valence-electron chi connectivity index (χ2n) is 5.67. The zero-order valence-corrected chi connectivity index (χ0v) is 12.4. The first-order chi connectivity index (χ1) is 9.67. The van der Waals surface area contributed by atoms with Gasteiger partial charge in [-0.05, 0) is 45.4 Å². The first-order valence-corrected chi connectivity index (χ1v) is 6.58. The van der Waals surface area contributed by atoms with Crippen LogP contribution in [0, 0.1) is 0 Å². The summed E-state index contributed by atoms with van der Waals surface area (Å²) in [6, 6.07) is 6.46. The average Bonchev–Trinajstić information content (AvgIpc) is 2.63. The van der Waals surface area contributed by atoms with Crippen LogP contribution < -0.4 is 4.90 Å². The molecule has 1 N–H and O–H groups in total. The molecule has 2 amide bonds. The monoisotopic (exact) mass is 287 g/mol. The molecule has 1 aromatic rings. The third-order valence-electron chi connectivity index (χ3n) is 3.99. The molecule has 0 fully saturated rings. The number of aliphatic carboxylic acids is 1. The van der Waals surface area contributed by atoms with Crippen molar-refractivity contribution in [2.75, 3.05) is 4.90 Å². The zero-order chi connectivity index (χ0) is 15.9. The molecule has 0 spiro atoms. The minimum atomic E-state index is -1.03. The van der Waals surface area contributed by atoms with E-state index in [-0.39, 0.29) is 11.8 Å². The smallest absolute Gasteiger partial charge is 0.313 e. The summed E-state index contributed by atoms with van der Waals surface area (Å²) in [4.78, 5) is 36.5. The summed E-state index contributed by atoms with van der Waals surface area (Å²) >= 11 is 0. The Labute approximate surface area is 122 Å². The molecule has 21 heavy (non-hydrogen) atoms. The molecule has 0 atom stereocenters. The van der Waals surface area contributed by atoms with Crippen molar-refractivity contribution >= 4 is 23.5 Å². The molecule has 0 radical (unpaired) electrons. The highest BCUT2D eigenvalue weighted by Crippen LogP contribution is 2.29. The largest absolute Gasteiger partial charge is 0.481 e. The fourth-order valence-corrected chi connectivity index (χ4v) is 2.13. The SMILES string of the molecule is CC1=C(C)C(=O)N(c2ccc(C(C)(C)C(=O)O)cc2)C1=O. The van der Waals surface area contributed by atoms with Crippen molar-refractivity contribution in [2.45, 2.75) is 33.1 Å². The molecule has 1 heterocycles. The minimum absolute atomic E-state index is 0.331. The lowest BCUT2D eigenvalue weighted by Gasteiger charge is -2.21. The van der Waals surface area contributed by atoms with Gasteiger partial charge in [-0.3, -0.25) is 14.4 Å². The Kier molecular flexibility index (Phi) is 3.45. The van der Waals surface area contributed by atoms with Crippen LogP contribution in [0.1, 0.15) is 33.3 Å². The average molecular weight is 287 g/mol. The Hall–Kier alpha value is -2.43. The highest BCUT2D eigenvalue weighted by molar-refractivity contribution is 6.32. The first kappa shape index (κ1) is 15.0. The Bertz CT molecular complexity index is 644. The van der Waals surface area contributed by atoms with Crippen molar-refractivity contribution in [3.8, 4) is 0 Å². The third kappa shape index (κ3) is 2.24. The maximum Gasteiger partial charge on any atom is 0.313 e. The molecule has 1 aromatic carbocycles. The van der Waals surface area contributed by atoms with Gasteiger partial charge < -0.3 is 5.11 Å². The van der Waals surface area contributed by atoms with Gasteiger partial charge in [-0.1, -0.05) is 12.1 Å². The summed E-state index contributed by atoms with van der Waals surface area (Å²) in [5.74, 6) is -1.59. The van der Waals surface area contributed by atoms with E-state index in [1.165, 1.54) is 0 Å². The molecule has 0 aromatic heterocycles. The van der Waals surface area contributed by atoms with Gasteiger partial charge >= 0.3 is 5.97 Å². The molecule has 0 saturated carbocycles. The van der Waals surface area contributed by atoms with Gasteiger partial charge in [0.25, 0.3) is 11.8 Å². The summed E-state index contributed by atoms with van der Waals surface area (Å²) < 4.78 is 0. The van der Waals surface area contributed by atoms with Crippen LogP contribution >= 0.6 is 0 Å². The van der Waals surface area contributed by atoms with Crippen LogP contribution in [0.25, 0.3) is 0 Å². The number of carbonyl (C=O) groups excluding carboxylic acids is 2. The summed E-state index contributed by atoms with van der Waals surface area (Å²) in [6.07, 6.45) is 0. The molecule has 2 rings (SSSR count). The molecule has 5 heteroatoms. The second-order valence-corrected chi connectivity index (χ2v) is 5.67. The molecule has 1 aliphatic heterocycles. The Morgan fingerprint density at radius 1 is 1.00 bits per heavy atom. The molecule has 0 saturated heterocycles. The van der Waals surface area contributed by atoms with Crippen molar-refractivity contribution in [1.29, 1.82) is 0 Å². The molecule has 0 unspecified atom stereocenters. The van der Waals surface area contributed by atoms with Crippen molar-refractivity contribution < 1.29 is 19.5 Å². The fourth-order valence-electron chi connectivity index (χ4n) is 2.13. The van der Waals surface area contributed by atoms with E-state index >= 15 is 0 Å². The molecular formula is C16H17NO4. The summed E-state index contributed by atoms with van der Waals surface area (Å²) in [5, 5.41) is 9.20. The number of imide groups is 1. The molecular weight excluding hydrogens is 270 g/mol. The van der Waals surface area contributed by atoms with Crippen molar-refractivity contribution in [2.24, 2.45) is 0 Å². The number of rotatable bonds is 3. The summed E-state index contributed by atoms with van der Waals surface area (Å²) in [5.41, 5.74) is 0.914. The highest BCUT2D eigenvalue weighted by atomic mass is 16.4. The number of carboxylic acid groups (broad SMARTS) is 1. The van der Waals surface area contributed by atoms with Crippen LogP contribution in [0.4, 0.5) is 5.69 Å². The lowest BCUT2D eigenvalue weighted by Crippen LogP contribution is -2.32. The molecule has 110 valence electrons. The highest BCUT2D eigenvalue weighted by Gasteiger charge is 2.35. The Balaban J connectivity index is 2.36. The second kappa shape index (κ2) is 4.84. The van der Waals surface area contributed by atoms with Gasteiger partial charge in [0.2, 0.25) is 0 Å². The minimum Gasteiger partial charge on any atom is -0.481 e. The fraction of sp³-hybridized carbons (Fsp3) is 0.312. The topological polar surface area (TPSA) is 74.7 Å². The number of nitrogens with zero attached hydrogens (tertiary/aromatic N) is 1. The van der Waals surface area contributed by atoms with E-state index in [9.17, 15) is 19.5 Å². The van der Waals surface area contributed by atoms with Gasteiger partial charge in [0, 0.05) is 11.1 Å². The quantitative estimate of drug-likeness (QED) is 0.865.